The highest BCUT2D eigenvalue weighted by atomic mass is 32.2. The van der Waals surface area contributed by atoms with Crippen LogP contribution < -0.4 is 10.5 Å². The second kappa shape index (κ2) is 6.51. The van der Waals surface area contributed by atoms with Crippen LogP contribution in [-0.2, 0) is 24.1 Å². The van der Waals surface area contributed by atoms with Crippen LogP contribution in [0.25, 0.3) is 11.1 Å². The minimum absolute atomic E-state index is 0.0322. The van der Waals surface area contributed by atoms with E-state index in [1.165, 1.54) is 29.8 Å². The number of hydrogen-bond donors (Lipinski definition) is 2. The largest absolute Gasteiger partial charge is 0.419 e. The van der Waals surface area contributed by atoms with Gasteiger partial charge in [0.05, 0.1) is 16.5 Å². The first-order valence-electron chi connectivity index (χ1n) is 7.68. The van der Waals surface area contributed by atoms with Crippen molar-refractivity contribution in [2.45, 2.75) is 17.4 Å². The van der Waals surface area contributed by atoms with Gasteiger partial charge in [0.15, 0.2) is 5.58 Å². The molecular formula is C16H19N3O5S. The summed E-state index contributed by atoms with van der Waals surface area (Å²) < 4.78 is 35.3. The third-order valence-electron chi connectivity index (χ3n) is 4.11. The highest BCUT2D eigenvalue weighted by Gasteiger charge is 2.18. The summed E-state index contributed by atoms with van der Waals surface area (Å²) in [5, 5.41) is 10.1. The number of hydrogen-bond acceptors (Lipinski definition) is 5. The van der Waals surface area contributed by atoms with E-state index in [1.807, 2.05) is 19.3 Å². The fraction of sp³-hybridized carbons (Fsp3) is 0.312. The monoisotopic (exact) mass is 365 g/mol. The molecule has 3 rings (SSSR count). The van der Waals surface area contributed by atoms with Crippen molar-refractivity contribution in [1.29, 1.82) is 0 Å². The molecule has 25 heavy (non-hydrogen) atoms. The molecular weight excluding hydrogens is 346 g/mol. The number of rotatable bonds is 6. The summed E-state index contributed by atoms with van der Waals surface area (Å²) in [5.74, 6) is -0.553. The standard InChI is InChI=1S/C16H19N3O5S/c1-18-9-3-4-12(18)14(20)7-8-17-25(22,23)11-5-6-15-13(10-11)19(2)16(21)24-15/h3-6,9-10,14,17,20H,7-8H2,1-2H3. The van der Waals surface area contributed by atoms with Gasteiger partial charge >= 0.3 is 5.76 Å². The van der Waals surface area contributed by atoms with E-state index in [9.17, 15) is 18.3 Å². The van der Waals surface area contributed by atoms with Crippen molar-refractivity contribution in [2.75, 3.05) is 6.54 Å². The lowest BCUT2D eigenvalue weighted by atomic mass is 10.2. The smallest absolute Gasteiger partial charge is 0.408 e. The van der Waals surface area contributed by atoms with Crippen molar-refractivity contribution in [1.82, 2.24) is 13.9 Å². The Morgan fingerprint density at radius 2 is 2.04 bits per heavy atom. The summed E-state index contributed by atoms with van der Waals surface area (Å²) in [7, 11) is -0.438. The minimum Gasteiger partial charge on any atom is -0.408 e. The van der Waals surface area contributed by atoms with E-state index >= 15 is 0 Å². The maximum absolute atomic E-state index is 12.4. The summed E-state index contributed by atoms with van der Waals surface area (Å²) in [6.45, 7) is 0.0804. The number of aliphatic hydroxyl groups is 1. The van der Waals surface area contributed by atoms with Gasteiger partial charge in [0, 0.05) is 32.5 Å². The molecule has 0 aliphatic rings. The number of benzene rings is 1. The minimum atomic E-state index is -3.76. The first-order valence-corrected chi connectivity index (χ1v) is 9.16. The third kappa shape index (κ3) is 3.39. The predicted molar refractivity (Wildman–Crippen MR) is 91.6 cm³/mol. The summed E-state index contributed by atoms with van der Waals surface area (Å²) in [5.41, 5.74) is 1.44. The Balaban J connectivity index is 1.72. The Labute approximate surface area is 144 Å². The van der Waals surface area contributed by atoms with Crippen LogP contribution in [0.3, 0.4) is 0 Å². The van der Waals surface area contributed by atoms with Crippen molar-refractivity contribution in [2.24, 2.45) is 14.1 Å². The third-order valence-corrected chi connectivity index (χ3v) is 5.57. The van der Waals surface area contributed by atoms with Crippen LogP contribution in [0.2, 0.25) is 0 Å². The van der Waals surface area contributed by atoms with E-state index < -0.39 is 21.9 Å². The molecule has 0 bridgehead atoms. The van der Waals surface area contributed by atoms with Gasteiger partial charge in [-0.2, -0.15) is 0 Å². The van der Waals surface area contributed by atoms with E-state index in [0.717, 1.165) is 0 Å². The van der Waals surface area contributed by atoms with Crippen LogP contribution in [0.5, 0.6) is 0 Å². The van der Waals surface area contributed by atoms with Gasteiger partial charge in [0.1, 0.15) is 0 Å². The maximum atomic E-state index is 12.4. The number of nitrogens with zero attached hydrogens (tertiary/aromatic N) is 2. The molecule has 0 radical (unpaired) electrons. The summed E-state index contributed by atoms with van der Waals surface area (Å²) in [4.78, 5) is 11.5. The van der Waals surface area contributed by atoms with Crippen LogP contribution in [-0.4, -0.2) is 29.2 Å². The van der Waals surface area contributed by atoms with Gasteiger partial charge in [-0.25, -0.2) is 17.9 Å². The van der Waals surface area contributed by atoms with Crippen molar-refractivity contribution in [3.8, 4) is 0 Å². The van der Waals surface area contributed by atoms with Crippen LogP contribution in [0, 0.1) is 0 Å². The number of oxazole rings is 1. The molecule has 2 heterocycles. The van der Waals surface area contributed by atoms with E-state index in [-0.39, 0.29) is 17.9 Å². The lowest BCUT2D eigenvalue weighted by molar-refractivity contribution is 0.161. The molecule has 0 aliphatic carbocycles. The topological polar surface area (TPSA) is 106 Å². The van der Waals surface area contributed by atoms with Gasteiger partial charge in [0.2, 0.25) is 10.0 Å². The van der Waals surface area contributed by atoms with Crippen LogP contribution >= 0.6 is 0 Å². The Morgan fingerprint density at radius 3 is 2.72 bits per heavy atom. The highest BCUT2D eigenvalue weighted by molar-refractivity contribution is 7.89. The zero-order valence-electron chi connectivity index (χ0n) is 13.8. The first-order chi connectivity index (χ1) is 11.8. The van der Waals surface area contributed by atoms with Crippen LogP contribution in [0.15, 0.2) is 50.6 Å². The average molecular weight is 365 g/mol. The van der Waals surface area contributed by atoms with Gasteiger partial charge in [0.25, 0.3) is 0 Å². The molecule has 0 aliphatic heterocycles. The SMILES string of the molecule is Cn1cccc1C(O)CCNS(=O)(=O)c1ccc2oc(=O)n(C)c2c1. The Kier molecular flexibility index (Phi) is 4.55. The van der Waals surface area contributed by atoms with Crippen molar-refractivity contribution in [3.05, 3.63) is 52.8 Å². The molecule has 1 atom stereocenters. The van der Waals surface area contributed by atoms with Gasteiger partial charge in [-0.1, -0.05) is 0 Å². The molecule has 0 saturated carbocycles. The van der Waals surface area contributed by atoms with Crippen molar-refractivity contribution in [3.63, 3.8) is 0 Å². The molecule has 8 nitrogen and oxygen atoms in total. The summed E-state index contributed by atoms with van der Waals surface area (Å²) in [6.07, 6.45) is 1.29. The fourth-order valence-corrected chi connectivity index (χ4v) is 3.72. The van der Waals surface area contributed by atoms with Crippen molar-refractivity contribution >= 4 is 21.1 Å². The molecule has 9 heteroatoms. The van der Waals surface area contributed by atoms with Gasteiger partial charge in [-0.3, -0.25) is 4.57 Å². The number of aryl methyl sites for hydroxylation is 2. The molecule has 0 spiro atoms. The Bertz CT molecular complexity index is 1060. The second-order valence-corrected chi connectivity index (χ2v) is 7.57. The first kappa shape index (κ1) is 17.5. The Morgan fingerprint density at radius 1 is 1.28 bits per heavy atom. The number of aromatic nitrogens is 2. The lowest BCUT2D eigenvalue weighted by Gasteiger charge is -2.13. The van der Waals surface area contributed by atoms with Crippen LogP contribution in [0.1, 0.15) is 18.2 Å². The Hall–Kier alpha value is -2.36. The zero-order valence-corrected chi connectivity index (χ0v) is 14.7. The number of fused-ring (bicyclic) bond motifs is 1. The molecule has 134 valence electrons. The molecule has 0 saturated heterocycles. The van der Waals surface area contributed by atoms with E-state index in [2.05, 4.69) is 4.72 Å². The fourth-order valence-electron chi connectivity index (χ4n) is 2.66. The molecule has 0 fully saturated rings. The second-order valence-electron chi connectivity index (χ2n) is 5.80. The number of sulfonamides is 1. The van der Waals surface area contributed by atoms with Gasteiger partial charge in [-0.15, -0.1) is 0 Å². The molecule has 2 aromatic heterocycles. The van der Waals surface area contributed by atoms with Gasteiger partial charge in [-0.05, 0) is 36.8 Å². The summed E-state index contributed by atoms with van der Waals surface area (Å²) >= 11 is 0. The number of nitrogens with one attached hydrogen (secondary N) is 1. The van der Waals surface area contributed by atoms with Crippen molar-refractivity contribution < 1.29 is 17.9 Å². The molecule has 1 aromatic carbocycles. The highest BCUT2D eigenvalue weighted by Crippen LogP contribution is 2.19. The predicted octanol–water partition coefficient (Wildman–Crippen LogP) is 0.872. The van der Waals surface area contributed by atoms with Crippen LogP contribution in [0.4, 0.5) is 0 Å². The van der Waals surface area contributed by atoms with Gasteiger partial charge < -0.3 is 14.1 Å². The summed E-state index contributed by atoms with van der Waals surface area (Å²) in [6, 6.07) is 7.81. The molecule has 3 aromatic rings. The maximum Gasteiger partial charge on any atom is 0.419 e. The van der Waals surface area contributed by atoms with E-state index in [4.69, 9.17) is 4.42 Å². The number of aliphatic hydroxyl groups excluding tert-OH is 1. The quantitative estimate of drug-likeness (QED) is 0.674. The molecule has 1 unspecified atom stereocenters. The average Bonchev–Trinajstić information content (AvgIpc) is 3.11. The lowest BCUT2D eigenvalue weighted by Crippen LogP contribution is -2.26. The molecule has 2 N–H and O–H groups in total. The zero-order chi connectivity index (χ0) is 18.2. The molecule has 0 amide bonds. The van der Waals surface area contributed by atoms with E-state index in [1.54, 1.807) is 10.6 Å². The normalized spacial score (nSPS) is 13.4. The van der Waals surface area contributed by atoms with E-state index in [0.29, 0.717) is 16.8 Å².